The van der Waals surface area contributed by atoms with E-state index in [0.29, 0.717) is 10.6 Å². The summed E-state index contributed by atoms with van der Waals surface area (Å²) in [5.74, 6) is -0.946. The normalized spacial score (nSPS) is 12.2. The summed E-state index contributed by atoms with van der Waals surface area (Å²) < 4.78 is 0. The Morgan fingerprint density at radius 3 is 2.30 bits per heavy atom. The molecule has 2 N–H and O–H groups in total. The van der Waals surface area contributed by atoms with Gasteiger partial charge in [0.05, 0.1) is 16.3 Å². The van der Waals surface area contributed by atoms with E-state index in [1.54, 1.807) is 12.3 Å². The molecule has 5 nitrogen and oxygen atoms in total. The predicted octanol–water partition coefficient (Wildman–Crippen LogP) is 4.21. The number of carbonyl (C=O) groups is 2. The van der Waals surface area contributed by atoms with Crippen molar-refractivity contribution in [1.29, 1.82) is 0 Å². The first-order valence-electron chi connectivity index (χ1n) is 8.43. The second-order valence-electron chi connectivity index (χ2n) is 6.47. The zero-order valence-corrected chi connectivity index (χ0v) is 16.8. The van der Waals surface area contributed by atoms with E-state index in [9.17, 15) is 9.59 Å². The fraction of sp³-hybridized carbons (Fsp3) is 0.250. The van der Waals surface area contributed by atoms with Gasteiger partial charge in [0.2, 0.25) is 0 Å². The van der Waals surface area contributed by atoms with Gasteiger partial charge in [-0.05, 0) is 36.6 Å². The summed E-state index contributed by atoms with van der Waals surface area (Å²) in [4.78, 5) is 24.9. The Balaban J connectivity index is 2.02. The molecular weight excluding hydrogens is 385 g/mol. The highest BCUT2D eigenvalue weighted by atomic mass is 35.5. The topological polar surface area (TPSA) is 70.6 Å². The minimum atomic E-state index is -0.748. The molecule has 0 spiro atoms. The number of halogens is 2. The molecule has 0 aliphatic heterocycles. The van der Waals surface area contributed by atoms with Crippen LogP contribution in [-0.2, 0) is 4.79 Å². The molecule has 142 valence electrons. The van der Waals surface area contributed by atoms with E-state index in [2.05, 4.69) is 15.8 Å². The molecule has 27 heavy (non-hydrogen) atoms. The average molecular weight is 406 g/mol. The number of amides is 2. The first kappa shape index (κ1) is 20.9. The van der Waals surface area contributed by atoms with Gasteiger partial charge in [0, 0.05) is 5.56 Å². The summed E-state index contributed by atoms with van der Waals surface area (Å²) in [5, 5.41) is 7.31. The first-order chi connectivity index (χ1) is 12.8. The lowest BCUT2D eigenvalue weighted by Gasteiger charge is -2.20. The van der Waals surface area contributed by atoms with Gasteiger partial charge in [-0.25, -0.2) is 5.43 Å². The third-order valence-corrected chi connectivity index (χ3v) is 4.62. The Hall–Kier alpha value is -2.37. The molecule has 0 radical (unpaired) electrons. The van der Waals surface area contributed by atoms with E-state index < -0.39 is 17.9 Å². The average Bonchev–Trinajstić information content (AvgIpc) is 2.63. The van der Waals surface area contributed by atoms with Crippen molar-refractivity contribution >= 4 is 41.2 Å². The number of carbonyl (C=O) groups excluding carboxylic acids is 2. The highest BCUT2D eigenvalue weighted by Gasteiger charge is 2.24. The Labute approximate surface area is 168 Å². The van der Waals surface area contributed by atoms with Gasteiger partial charge in [-0.2, -0.15) is 5.10 Å². The van der Waals surface area contributed by atoms with Gasteiger partial charge < -0.3 is 5.32 Å². The maximum Gasteiger partial charge on any atom is 0.262 e. The van der Waals surface area contributed by atoms with E-state index in [-0.39, 0.29) is 10.9 Å². The summed E-state index contributed by atoms with van der Waals surface area (Å²) in [7, 11) is 0. The van der Waals surface area contributed by atoms with Crippen LogP contribution in [0.3, 0.4) is 0 Å². The van der Waals surface area contributed by atoms with E-state index in [1.165, 1.54) is 12.1 Å². The molecule has 0 heterocycles. The molecule has 2 rings (SSSR count). The van der Waals surface area contributed by atoms with Crippen LogP contribution >= 0.6 is 23.2 Å². The van der Waals surface area contributed by atoms with Crippen LogP contribution in [0.1, 0.15) is 35.3 Å². The van der Waals surface area contributed by atoms with Crippen LogP contribution in [0.4, 0.5) is 0 Å². The third kappa shape index (κ3) is 6.08. The number of nitrogens with zero attached hydrogens (tertiary/aromatic N) is 1. The second-order valence-corrected chi connectivity index (χ2v) is 7.28. The second kappa shape index (κ2) is 9.53. The number of nitrogens with one attached hydrogen (secondary N) is 2. The van der Waals surface area contributed by atoms with E-state index in [0.717, 1.165) is 11.1 Å². The van der Waals surface area contributed by atoms with Crippen molar-refractivity contribution in [1.82, 2.24) is 10.7 Å². The van der Waals surface area contributed by atoms with E-state index in [4.69, 9.17) is 23.2 Å². The maximum absolute atomic E-state index is 12.4. The quantitative estimate of drug-likeness (QED) is 0.558. The fourth-order valence-electron chi connectivity index (χ4n) is 2.29. The van der Waals surface area contributed by atoms with Gasteiger partial charge in [-0.3, -0.25) is 9.59 Å². The largest absolute Gasteiger partial charge is 0.340 e. The lowest BCUT2D eigenvalue weighted by atomic mass is 10.0. The molecule has 0 aliphatic rings. The van der Waals surface area contributed by atoms with E-state index in [1.807, 2.05) is 45.0 Å². The minimum absolute atomic E-state index is 0.133. The minimum Gasteiger partial charge on any atom is -0.340 e. The molecule has 0 fully saturated rings. The van der Waals surface area contributed by atoms with Gasteiger partial charge in [0.15, 0.2) is 0 Å². The lowest BCUT2D eigenvalue weighted by molar-refractivity contribution is -0.123. The number of hydrogen-bond acceptors (Lipinski definition) is 3. The molecule has 0 saturated heterocycles. The van der Waals surface area contributed by atoms with Crippen molar-refractivity contribution in [3.8, 4) is 0 Å². The zero-order chi connectivity index (χ0) is 20.0. The summed E-state index contributed by atoms with van der Waals surface area (Å²) >= 11 is 11.8. The van der Waals surface area contributed by atoms with Crippen LogP contribution in [0, 0.1) is 12.8 Å². The molecular formula is C20H21Cl2N3O2. The SMILES string of the molecule is Cc1ccc(C=NNC(=O)C(NC(=O)c2ccc(Cl)c(Cl)c2)C(C)C)cc1. The smallest absolute Gasteiger partial charge is 0.262 e. The zero-order valence-electron chi connectivity index (χ0n) is 15.3. The van der Waals surface area contributed by atoms with Gasteiger partial charge in [0.25, 0.3) is 11.8 Å². The molecule has 7 heteroatoms. The maximum atomic E-state index is 12.4. The fourth-order valence-corrected chi connectivity index (χ4v) is 2.59. The van der Waals surface area contributed by atoms with Crippen molar-refractivity contribution < 1.29 is 9.59 Å². The molecule has 0 aromatic heterocycles. The summed E-state index contributed by atoms with van der Waals surface area (Å²) in [5.41, 5.74) is 4.80. The number of hydrogen-bond donors (Lipinski definition) is 2. The van der Waals surface area contributed by atoms with Crippen LogP contribution in [0.15, 0.2) is 47.6 Å². The van der Waals surface area contributed by atoms with E-state index >= 15 is 0 Å². The lowest BCUT2D eigenvalue weighted by Crippen LogP contribution is -2.48. The highest BCUT2D eigenvalue weighted by molar-refractivity contribution is 6.42. The molecule has 0 bridgehead atoms. The van der Waals surface area contributed by atoms with Crippen molar-refractivity contribution in [2.24, 2.45) is 11.0 Å². The summed E-state index contributed by atoms with van der Waals surface area (Å²) in [6, 6.07) is 11.5. The van der Waals surface area contributed by atoms with Crippen LogP contribution in [-0.4, -0.2) is 24.1 Å². The van der Waals surface area contributed by atoms with Crippen LogP contribution in [0.25, 0.3) is 0 Å². The van der Waals surface area contributed by atoms with Crippen LogP contribution in [0.5, 0.6) is 0 Å². The molecule has 2 aromatic rings. The van der Waals surface area contributed by atoms with Crippen molar-refractivity contribution in [3.05, 3.63) is 69.2 Å². The monoisotopic (exact) mass is 405 g/mol. The molecule has 2 amide bonds. The number of benzene rings is 2. The Morgan fingerprint density at radius 1 is 1.04 bits per heavy atom. The molecule has 1 atom stereocenters. The van der Waals surface area contributed by atoms with Crippen LogP contribution in [0.2, 0.25) is 10.0 Å². The molecule has 0 saturated carbocycles. The van der Waals surface area contributed by atoms with Gasteiger partial charge in [-0.15, -0.1) is 0 Å². The van der Waals surface area contributed by atoms with Crippen molar-refractivity contribution in [2.75, 3.05) is 0 Å². The molecule has 1 unspecified atom stereocenters. The summed E-state index contributed by atoms with van der Waals surface area (Å²) in [6.45, 7) is 5.67. The predicted molar refractivity (Wildman–Crippen MR) is 109 cm³/mol. The molecule has 2 aromatic carbocycles. The number of aryl methyl sites for hydroxylation is 1. The Morgan fingerprint density at radius 2 is 1.70 bits per heavy atom. The van der Waals surface area contributed by atoms with Gasteiger partial charge in [0.1, 0.15) is 6.04 Å². The van der Waals surface area contributed by atoms with Crippen LogP contribution < -0.4 is 10.7 Å². The van der Waals surface area contributed by atoms with Crippen molar-refractivity contribution in [3.63, 3.8) is 0 Å². The van der Waals surface area contributed by atoms with Gasteiger partial charge in [-0.1, -0.05) is 66.9 Å². The standard InChI is InChI=1S/C20H21Cl2N3O2/c1-12(2)18(24-19(26)15-8-9-16(21)17(22)10-15)20(27)25-23-11-14-6-4-13(3)5-7-14/h4-12,18H,1-3H3,(H,24,26)(H,25,27). The van der Waals surface area contributed by atoms with Crippen molar-refractivity contribution in [2.45, 2.75) is 26.8 Å². The Bertz CT molecular complexity index is 849. The Kier molecular flexibility index (Phi) is 7.39. The first-order valence-corrected chi connectivity index (χ1v) is 9.19. The number of rotatable bonds is 6. The highest BCUT2D eigenvalue weighted by Crippen LogP contribution is 2.22. The summed E-state index contributed by atoms with van der Waals surface area (Å²) in [6.07, 6.45) is 1.55. The van der Waals surface area contributed by atoms with Gasteiger partial charge >= 0.3 is 0 Å². The number of hydrazone groups is 1. The third-order valence-electron chi connectivity index (χ3n) is 3.88. The molecule has 0 aliphatic carbocycles.